The van der Waals surface area contributed by atoms with Crippen LogP contribution in [-0.2, 0) is 35.0 Å². The van der Waals surface area contributed by atoms with Gasteiger partial charge in [-0.3, -0.25) is 14.4 Å². The Morgan fingerprint density at radius 1 is 1.07 bits per heavy atom. The summed E-state index contributed by atoms with van der Waals surface area (Å²) in [5, 5.41) is 11.9. The van der Waals surface area contributed by atoms with Crippen LogP contribution in [-0.4, -0.2) is 104 Å². The van der Waals surface area contributed by atoms with Gasteiger partial charge < -0.3 is 34.4 Å². The molecule has 1 saturated heterocycles. The summed E-state index contributed by atoms with van der Waals surface area (Å²) in [6, 6.07) is 15.1. The molecule has 0 saturated carbocycles. The molecule has 1 heterocycles. The van der Waals surface area contributed by atoms with E-state index in [0.29, 0.717) is 11.1 Å². The van der Waals surface area contributed by atoms with E-state index in [2.05, 4.69) is 5.32 Å². The second-order valence-electron chi connectivity index (χ2n) is 10.5. The Morgan fingerprint density at radius 3 is 2.56 bits per heavy atom. The van der Waals surface area contributed by atoms with Gasteiger partial charge >= 0.3 is 5.97 Å². The number of fused-ring (bicyclic) bond motifs is 1. The first kappa shape index (κ1) is 31.6. The molecule has 0 aromatic heterocycles. The minimum atomic E-state index is -0.850. The number of rotatable bonds is 11. The summed E-state index contributed by atoms with van der Waals surface area (Å²) in [5.74, 6) is -1.60. The van der Waals surface area contributed by atoms with Crippen molar-refractivity contribution in [2.45, 2.75) is 37.2 Å². The zero-order valence-corrected chi connectivity index (χ0v) is 24.5. The molecular weight excluding hydrogens is 554 g/mol. The largest absolute Gasteiger partial charge is 0.456 e. The van der Waals surface area contributed by atoms with Crippen LogP contribution in [0.3, 0.4) is 0 Å². The lowest BCUT2D eigenvalue weighted by Gasteiger charge is -2.33. The molecule has 4 rings (SSSR count). The number of carbonyl (C=O) groups excluding carboxylic acids is 4. The first-order valence-electron chi connectivity index (χ1n) is 14.0. The number of aliphatic hydroxyl groups is 1. The lowest BCUT2D eigenvalue weighted by atomic mass is 9.90. The summed E-state index contributed by atoms with van der Waals surface area (Å²) in [4.78, 5) is 54.7. The summed E-state index contributed by atoms with van der Waals surface area (Å²) < 4.78 is 17.2. The van der Waals surface area contributed by atoms with E-state index in [1.54, 1.807) is 57.6 Å². The van der Waals surface area contributed by atoms with Gasteiger partial charge in [0.25, 0.3) is 0 Å². The number of esters is 1. The van der Waals surface area contributed by atoms with Crippen molar-refractivity contribution in [3.8, 4) is 0 Å². The molecule has 2 aromatic carbocycles. The molecule has 0 spiro atoms. The lowest BCUT2D eigenvalue weighted by Crippen LogP contribution is -2.51. The van der Waals surface area contributed by atoms with Gasteiger partial charge in [-0.1, -0.05) is 42.5 Å². The van der Waals surface area contributed by atoms with Crippen molar-refractivity contribution >= 4 is 29.8 Å². The topological polar surface area (TPSA) is 135 Å². The molecule has 0 unspecified atom stereocenters. The molecule has 11 heteroatoms. The number of hydrogen-bond donors (Lipinski definition) is 2. The predicted molar refractivity (Wildman–Crippen MR) is 157 cm³/mol. The molecule has 0 radical (unpaired) electrons. The van der Waals surface area contributed by atoms with Crippen LogP contribution >= 0.6 is 0 Å². The van der Waals surface area contributed by atoms with Gasteiger partial charge in [-0.05, 0) is 35.4 Å². The minimum absolute atomic E-state index is 0.0163. The minimum Gasteiger partial charge on any atom is -0.456 e. The van der Waals surface area contributed by atoms with E-state index < -0.39 is 42.1 Å². The highest BCUT2D eigenvalue weighted by Crippen LogP contribution is 2.32. The number of amides is 3. The maximum atomic E-state index is 13.8. The van der Waals surface area contributed by atoms with Gasteiger partial charge in [0.15, 0.2) is 0 Å². The lowest BCUT2D eigenvalue weighted by molar-refractivity contribution is -0.137. The van der Waals surface area contributed by atoms with Crippen LogP contribution in [0.15, 0.2) is 72.3 Å². The van der Waals surface area contributed by atoms with Crippen molar-refractivity contribution in [3.05, 3.63) is 89.0 Å². The van der Waals surface area contributed by atoms with Crippen LogP contribution in [0.25, 0.3) is 6.08 Å². The molecule has 1 aliphatic heterocycles. The summed E-state index contributed by atoms with van der Waals surface area (Å²) in [5.41, 5.74) is 2.12. The Morgan fingerprint density at radius 2 is 1.84 bits per heavy atom. The van der Waals surface area contributed by atoms with Crippen molar-refractivity contribution in [2.75, 3.05) is 41.1 Å². The number of carbonyl (C=O) groups is 4. The third-order valence-corrected chi connectivity index (χ3v) is 7.29. The Labute approximate surface area is 250 Å². The SMILES string of the molecule is CN(C)C(=O)C=Cc1cccc(C(=O)O[C@@H]2CC(C(=O)N(C)[C@H](Cc3ccccc3)C(=O)NCCO)=C[C@H]3OCO[C@H]32)c1. The summed E-state index contributed by atoms with van der Waals surface area (Å²) in [6.45, 7) is -0.185. The van der Waals surface area contributed by atoms with Gasteiger partial charge in [0.1, 0.15) is 31.1 Å². The van der Waals surface area contributed by atoms with E-state index in [-0.39, 0.29) is 44.3 Å². The molecule has 43 heavy (non-hydrogen) atoms. The Kier molecular flexibility index (Phi) is 10.8. The highest BCUT2D eigenvalue weighted by molar-refractivity contribution is 5.97. The third kappa shape index (κ3) is 8.16. The summed E-state index contributed by atoms with van der Waals surface area (Å²) in [6.07, 6.45) is 2.99. The maximum Gasteiger partial charge on any atom is 0.338 e. The molecule has 3 amide bonds. The highest BCUT2D eigenvalue weighted by atomic mass is 16.7. The molecule has 228 valence electrons. The third-order valence-electron chi connectivity index (χ3n) is 7.29. The quantitative estimate of drug-likeness (QED) is 0.297. The van der Waals surface area contributed by atoms with Crippen molar-refractivity contribution in [1.82, 2.24) is 15.1 Å². The highest BCUT2D eigenvalue weighted by Gasteiger charge is 2.43. The fourth-order valence-corrected chi connectivity index (χ4v) is 4.91. The van der Waals surface area contributed by atoms with E-state index in [4.69, 9.17) is 14.2 Å². The van der Waals surface area contributed by atoms with E-state index >= 15 is 0 Å². The van der Waals surface area contributed by atoms with Crippen LogP contribution in [0.2, 0.25) is 0 Å². The van der Waals surface area contributed by atoms with Gasteiger partial charge in [0.2, 0.25) is 17.7 Å². The molecule has 2 N–H and O–H groups in total. The fourth-order valence-electron chi connectivity index (χ4n) is 4.91. The van der Waals surface area contributed by atoms with Gasteiger partial charge in [-0.15, -0.1) is 0 Å². The van der Waals surface area contributed by atoms with Crippen molar-refractivity contribution in [2.24, 2.45) is 0 Å². The Balaban J connectivity index is 1.50. The van der Waals surface area contributed by atoms with Crippen molar-refractivity contribution in [3.63, 3.8) is 0 Å². The summed E-state index contributed by atoms with van der Waals surface area (Å²) in [7, 11) is 4.84. The molecule has 4 atom stereocenters. The number of nitrogens with zero attached hydrogens (tertiary/aromatic N) is 2. The van der Waals surface area contributed by atoms with E-state index in [9.17, 15) is 24.3 Å². The second-order valence-corrected chi connectivity index (χ2v) is 10.5. The van der Waals surface area contributed by atoms with Gasteiger partial charge in [-0.2, -0.15) is 0 Å². The monoisotopic (exact) mass is 591 g/mol. The van der Waals surface area contributed by atoms with E-state index in [1.807, 2.05) is 30.3 Å². The zero-order valence-electron chi connectivity index (χ0n) is 24.5. The first-order valence-corrected chi connectivity index (χ1v) is 14.0. The number of hydrogen-bond acceptors (Lipinski definition) is 8. The number of ether oxygens (including phenoxy) is 3. The fraction of sp³-hybridized carbons (Fsp3) is 0.375. The molecule has 11 nitrogen and oxygen atoms in total. The smallest absolute Gasteiger partial charge is 0.338 e. The number of likely N-dealkylation sites (N-methyl/N-ethyl adjacent to an activating group) is 2. The molecule has 2 aliphatic rings. The Bertz CT molecular complexity index is 1370. The average molecular weight is 592 g/mol. The van der Waals surface area contributed by atoms with Crippen LogP contribution in [0.4, 0.5) is 0 Å². The number of aliphatic hydroxyl groups excluding tert-OH is 1. The van der Waals surface area contributed by atoms with Gasteiger partial charge in [0.05, 0.1) is 12.2 Å². The van der Waals surface area contributed by atoms with Crippen molar-refractivity contribution in [1.29, 1.82) is 0 Å². The normalized spacial score (nSPS) is 20.1. The van der Waals surface area contributed by atoms with E-state index in [0.717, 1.165) is 5.56 Å². The predicted octanol–water partition coefficient (Wildman–Crippen LogP) is 1.56. The van der Waals surface area contributed by atoms with Gasteiger partial charge in [-0.25, -0.2) is 4.79 Å². The van der Waals surface area contributed by atoms with Crippen molar-refractivity contribution < 1.29 is 38.5 Å². The van der Waals surface area contributed by atoms with Crippen LogP contribution in [0.1, 0.15) is 27.9 Å². The molecule has 1 fully saturated rings. The number of nitrogens with one attached hydrogen (secondary N) is 1. The van der Waals surface area contributed by atoms with E-state index in [1.165, 1.54) is 15.9 Å². The first-order chi connectivity index (χ1) is 20.7. The maximum absolute atomic E-state index is 13.8. The van der Waals surface area contributed by atoms with Crippen LogP contribution in [0, 0.1) is 0 Å². The van der Waals surface area contributed by atoms with Crippen LogP contribution < -0.4 is 5.32 Å². The summed E-state index contributed by atoms with van der Waals surface area (Å²) >= 11 is 0. The van der Waals surface area contributed by atoms with Crippen LogP contribution in [0.5, 0.6) is 0 Å². The average Bonchev–Trinajstić information content (AvgIpc) is 3.50. The standard InChI is InChI=1S/C32H37N3O8/c1-34(2)28(37)13-12-22-10-7-11-23(16-22)32(40)43-27-19-24(18-26-29(27)42-20-41-26)31(39)35(3)25(30(38)33-14-15-36)17-21-8-5-4-6-9-21/h4-13,16,18,25-27,29,36H,14-15,17,19-20H2,1-3H3,(H,33,38)/t25-,26-,27-,29-/m1/s1. The molecule has 1 aliphatic carbocycles. The number of benzene rings is 2. The van der Waals surface area contributed by atoms with Gasteiger partial charge in [0, 0.05) is 52.2 Å². The molecule has 2 aromatic rings. The zero-order chi connectivity index (χ0) is 30.9. The second kappa shape index (κ2) is 14.7. The Hall–Kier alpha value is -4.32. The molecular formula is C32H37N3O8. The molecule has 0 bridgehead atoms.